The Kier molecular flexibility index (Phi) is 8.76. The molecule has 11 heteroatoms. The first-order valence-electron chi connectivity index (χ1n) is 9.97. The number of aliphatic hydroxyl groups is 1. The van der Waals surface area contributed by atoms with Gasteiger partial charge in [-0.1, -0.05) is 12.1 Å². The van der Waals surface area contributed by atoms with Crippen molar-refractivity contribution in [1.82, 2.24) is 21.3 Å². The number of amides is 3. The van der Waals surface area contributed by atoms with Gasteiger partial charge in [-0.3, -0.25) is 14.4 Å². The molecule has 1 aliphatic rings. The van der Waals surface area contributed by atoms with Crippen LogP contribution < -0.4 is 21.3 Å². The Morgan fingerprint density at radius 2 is 1.84 bits per heavy atom. The van der Waals surface area contributed by atoms with E-state index in [4.69, 9.17) is 0 Å². The molecular formula is C20H28N4O7. The summed E-state index contributed by atoms with van der Waals surface area (Å²) < 4.78 is 0. The molecule has 1 aliphatic heterocycles. The summed E-state index contributed by atoms with van der Waals surface area (Å²) in [6, 6.07) is 2.86. The molecule has 1 saturated heterocycles. The van der Waals surface area contributed by atoms with E-state index in [0.717, 1.165) is 13.0 Å². The Morgan fingerprint density at radius 1 is 1.16 bits per heavy atom. The maximum absolute atomic E-state index is 12.7. The number of carboxylic acid groups (broad SMARTS) is 1. The van der Waals surface area contributed by atoms with Gasteiger partial charge in [0.15, 0.2) is 6.04 Å². The molecular weight excluding hydrogens is 408 g/mol. The first-order valence-corrected chi connectivity index (χ1v) is 9.97. The van der Waals surface area contributed by atoms with Gasteiger partial charge in [0.25, 0.3) is 0 Å². The predicted molar refractivity (Wildman–Crippen MR) is 109 cm³/mol. The van der Waals surface area contributed by atoms with E-state index in [-0.39, 0.29) is 30.7 Å². The molecule has 11 nitrogen and oxygen atoms in total. The van der Waals surface area contributed by atoms with Crippen LogP contribution in [0.15, 0.2) is 24.3 Å². The highest BCUT2D eigenvalue weighted by Gasteiger charge is 2.30. The van der Waals surface area contributed by atoms with E-state index < -0.39 is 36.0 Å². The van der Waals surface area contributed by atoms with Crippen LogP contribution in [-0.2, 0) is 25.6 Å². The molecule has 0 spiro atoms. The number of aromatic hydroxyl groups is 1. The minimum Gasteiger partial charge on any atom is -0.508 e. The number of rotatable bonds is 10. The minimum absolute atomic E-state index is 0.00211. The number of aliphatic hydroxyl groups excluding tert-OH is 1. The number of carbonyl (C=O) groups excluding carboxylic acids is 3. The summed E-state index contributed by atoms with van der Waals surface area (Å²) in [6.45, 7) is 1.60. The van der Waals surface area contributed by atoms with Gasteiger partial charge in [0, 0.05) is 6.42 Å². The topological polar surface area (TPSA) is 177 Å². The van der Waals surface area contributed by atoms with Crippen molar-refractivity contribution in [3.8, 4) is 5.75 Å². The number of hydrogen-bond acceptors (Lipinski definition) is 7. The van der Waals surface area contributed by atoms with Crippen LogP contribution in [0.25, 0.3) is 0 Å². The Labute approximate surface area is 179 Å². The van der Waals surface area contributed by atoms with Crippen molar-refractivity contribution in [2.45, 2.75) is 50.4 Å². The van der Waals surface area contributed by atoms with Gasteiger partial charge in [-0.25, -0.2) is 4.79 Å². The van der Waals surface area contributed by atoms with E-state index >= 15 is 0 Å². The fourth-order valence-electron chi connectivity index (χ4n) is 3.16. The van der Waals surface area contributed by atoms with Crippen LogP contribution in [0.4, 0.5) is 0 Å². The number of carbonyl (C=O) groups is 4. The number of phenolic OH excluding ortho intramolecular Hbond substituents is 1. The molecule has 7 N–H and O–H groups in total. The molecule has 1 aromatic carbocycles. The number of hydrogen-bond donors (Lipinski definition) is 7. The highest BCUT2D eigenvalue weighted by atomic mass is 16.4. The first-order chi connectivity index (χ1) is 14.7. The van der Waals surface area contributed by atoms with Crippen LogP contribution in [0.5, 0.6) is 5.75 Å². The zero-order valence-electron chi connectivity index (χ0n) is 17.1. The molecule has 4 atom stereocenters. The van der Waals surface area contributed by atoms with Gasteiger partial charge in [-0.05, 0) is 44.0 Å². The van der Waals surface area contributed by atoms with Gasteiger partial charge in [-0.15, -0.1) is 0 Å². The number of phenols is 1. The van der Waals surface area contributed by atoms with Crippen molar-refractivity contribution in [3.05, 3.63) is 29.8 Å². The van der Waals surface area contributed by atoms with Crippen molar-refractivity contribution in [3.63, 3.8) is 0 Å². The SMILES string of the molecule is CC(O)C(NC(=O)C(Cc1ccc(O)cc1)NC(=O)CNC(=O)C1CCCN1)C(=O)O. The van der Waals surface area contributed by atoms with Crippen molar-refractivity contribution >= 4 is 23.7 Å². The maximum atomic E-state index is 12.7. The highest BCUT2D eigenvalue weighted by molar-refractivity contribution is 5.92. The van der Waals surface area contributed by atoms with Gasteiger partial charge >= 0.3 is 5.97 Å². The van der Waals surface area contributed by atoms with Crippen LogP contribution in [0, 0.1) is 0 Å². The van der Waals surface area contributed by atoms with E-state index in [9.17, 15) is 34.5 Å². The van der Waals surface area contributed by atoms with E-state index in [0.29, 0.717) is 12.0 Å². The standard InChI is InChI=1S/C20H28N4O7/c1-11(25)17(20(30)31)24-19(29)15(9-12-4-6-13(26)7-5-12)23-16(27)10-22-18(28)14-3-2-8-21-14/h4-7,11,14-15,17,21,25-26H,2-3,8-10H2,1H3,(H,22,28)(H,23,27)(H,24,29)(H,30,31). The average molecular weight is 436 g/mol. The largest absolute Gasteiger partial charge is 0.508 e. The van der Waals surface area contributed by atoms with Crippen molar-refractivity contribution in [2.75, 3.05) is 13.1 Å². The van der Waals surface area contributed by atoms with Crippen LogP contribution in [-0.4, -0.2) is 76.3 Å². The molecule has 0 saturated carbocycles. The smallest absolute Gasteiger partial charge is 0.328 e. The lowest BCUT2D eigenvalue weighted by atomic mass is 10.0. The number of aliphatic carboxylic acids is 1. The van der Waals surface area contributed by atoms with Crippen LogP contribution in [0.3, 0.4) is 0 Å². The first kappa shape index (κ1) is 24.1. The average Bonchev–Trinajstić information content (AvgIpc) is 3.25. The lowest BCUT2D eigenvalue weighted by molar-refractivity contribution is -0.145. The Hall–Kier alpha value is -3.18. The van der Waals surface area contributed by atoms with E-state index in [1.165, 1.54) is 19.1 Å². The quantitative estimate of drug-likeness (QED) is 0.225. The zero-order chi connectivity index (χ0) is 23.0. The molecule has 31 heavy (non-hydrogen) atoms. The summed E-state index contributed by atoms with van der Waals surface area (Å²) in [6.07, 6.45) is 0.189. The Balaban J connectivity index is 2.03. The third kappa shape index (κ3) is 7.54. The summed E-state index contributed by atoms with van der Waals surface area (Å²) in [5.41, 5.74) is 0.598. The summed E-state index contributed by atoms with van der Waals surface area (Å²) in [5, 5.41) is 38.4. The maximum Gasteiger partial charge on any atom is 0.328 e. The van der Waals surface area contributed by atoms with Crippen molar-refractivity contribution in [1.29, 1.82) is 0 Å². The molecule has 2 rings (SSSR count). The van der Waals surface area contributed by atoms with Gasteiger partial charge in [0.05, 0.1) is 18.7 Å². The number of benzene rings is 1. The molecule has 3 amide bonds. The fourth-order valence-corrected chi connectivity index (χ4v) is 3.16. The van der Waals surface area contributed by atoms with Gasteiger partial charge in [-0.2, -0.15) is 0 Å². The molecule has 4 unspecified atom stereocenters. The second kappa shape index (κ2) is 11.3. The normalized spacial score (nSPS) is 18.5. The molecule has 0 radical (unpaired) electrons. The van der Waals surface area contributed by atoms with Gasteiger partial charge in [0.1, 0.15) is 11.8 Å². The lowest BCUT2D eigenvalue weighted by Crippen LogP contribution is -2.56. The van der Waals surface area contributed by atoms with E-state index in [2.05, 4.69) is 21.3 Å². The minimum atomic E-state index is -1.56. The third-order valence-electron chi connectivity index (χ3n) is 4.87. The molecule has 0 aromatic heterocycles. The number of nitrogens with one attached hydrogen (secondary N) is 4. The van der Waals surface area contributed by atoms with Gasteiger partial charge < -0.3 is 36.6 Å². The molecule has 0 bridgehead atoms. The van der Waals surface area contributed by atoms with Crippen molar-refractivity contribution < 1.29 is 34.5 Å². The third-order valence-corrected chi connectivity index (χ3v) is 4.87. The molecule has 0 aliphatic carbocycles. The summed E-state index contributed by atoms with van der Waals surface area (Å²) in [5.74, 6) is -3.15. The number of carboxylic acids is 1. The van der Waals surface area contributed by atoms with Crippen LogP contribution in [0.2, 0.25) is 0 Å². The predicted octanol–water partition coefficient (Wildman–Crippen LogP) is -1.76. The van der Waals surface area contributed by atoms with Crippen molar-refractivity contribution in [2.24, 2.45) is 0 Å². The molecule has 1 heterocycles. The molecule has 1 aromatic rings. The fraction of sp³-hybridized carbons (Fsp3) is 0.500. The molecule has 170 valence electrons. The highest BCUT2D eigenvalue weighted by Crippen LogP contribution is 2.12. The van der Waals surface area contributed by atoms with Gasteiger partial charge in [0.2, 0.25) is 17.7 Å². The summed E-state index contributed by atoms with van der Waals surface area (Å²) in [4.78, 5) is 48.3. The summed E-state index contributed by atoms with van der Waals surface area (Å²) >= 11 is 0. The second-order valence-electron chi connectivity index (χ2n) is 7.42. The van der Waals surface area contributed by atoms with Crippen LogP contribution in [0.1, 0.15) is 25.3 Å². The Bertz CT molecular complexity index is 791. The monoisotopic (exact) mass is 436 g/mol. The lowest BCUT2D eigenvalue weighted by Gasteiger charge is -2.23. The Morgan fingerprint density at radius 3 is 2.39 bits per heavy atom. The van der Waals surface area contributed by atoms with E-state index in [1.807, 2.05) is 0 Å². The zero-order valence-corrected chi connectivity index (χ0v) is 17.1. The van der Waals surface area contributed by atoms with E-state index in [1.54, 1.807) is 12.1 Å². The second-order valence-corrected chi connectivity index (χ2v) is 7.42. The van der Waals surface area contributed by atoms with Crippen LogP contribution >= 0.6 is 0 Å². The molecule has 1 fully saturated rings. The summed E-state index contributed by atoms with van der Waals surface area (Å²) in [7, 11) is 0.